The average molecular weight is 286 g/mol. The van der Waals surface area contributed by atoms with Crippen molar-refractivity contribution in [2.45, 2.75) is 51.1 Å². The van der Waals surface area contributed by atoms with E-state index in [0.29, 0.717) is 12.0 Å². The van der Waals surface area contributed by atoms with Crippen LogP contribution in [0.5, 0.6) is 0 Å². The monoisotopic (exact) mass is 286 g/mol. The van der Waals surface area contributed by atoms with Gasteiger partial charge in [0.05, 0.1) is 11.6 Å². The molecule has 1 fully saturated rings. The summed E-state index contributed by atoms with van der Waals surface area (Å²) in [7, 11) is 0. The molecule has 4 nitrogen and oxygen atoms in total. The number of hydrogen-bond acceptors (Lipinski definition) is 3. The van der Waals surface area contributed by atoms with E-state index in [1.165, 1.54) is 0 Å². The van der Waals surface area contributed by atoms with Crippen molar-refractivity contribution in [1.29, 1.82) is 5.26 Å². The molecule has 0 bridgehead atoms. The van der Waals surface area contributed by atoms with E-state index in [4.69, 9.17) is 5.26 Å². The fourth-order valence-corrected chi connectivity index (χ4v) is 3.50. The van der Waals surface area contributed by atoms with Crippen molar-refractivity contribution in [2.24, 2.45) is 0 Å². The molecule has 112 valence electrons. The third kappa shape index (κ3) is 2.79. The summed E-state index contributed by atoms with van der Waals surface area (Å²) in [5.41, 5.74) is 0.963. The van der Waals surface area contributed by atoms with Crippen LogP contribution in [0.1, 0.15) is 56.7 Å². The number of rotatable bonds is 5. The lowest BCUT2D eigenvalue weighted by molar-refractivity contribution is -0.151. The molecule has 1 aliphatic rings. The highest BCUT2D eigenvalue weighted by Crippen LogP contribution is 2.40. The van der Waals surface area contributed by atoms with E-state index in [1.807, 2.05) is 19.1 Å². The van der Waals surface area contributed by atoms with Gasteiger partial charge in [0.15, 0.2) is 0 Å². The SMILES string of the molecule is CCCC1(C(=O)O)CCCN1C(C)c1ccc(C#N)cc1. The van der Waals surface area contributed by atoms with Gasteiger partial charge < -0.3 is 5.11 Å². The zero-order valence-corrected chi connectivity index (χ0v) is 12.7. The maximum Gasteiger partial charge on any atom is 0.324 e. The summed E-state index contributed by atoms with van der Waals surface area (Å²) < 4.78 is 0. The van der Waals surface area contributed by atoms with Crippen molar-refractivity contribution in [3.8, 4) is 6.07 Å². The third-order valence-corrected chi connectivity index (χ3v) is 4.59. The Labute approximate surface area is 126 Å². The molecular formula is C17H22N2O2. The van der Waals surface area contributed by atoms with Crippen molar-refractivity contribution in [3.63, 3.8) is 0 Å². The maximum absolute atomic E-state index is 11.9. The second-order valence-corrected chi connectivity index (χ2v) is 5.79. The van der Waals surface area contributed by atoms with E-state index in [2.05, 4.69) is 17.9 Å². The first kappa shape index (κ1) is 15.5. The molecule has 2 rings (SSSR count). The molecule has 0 amide bonds. The quantitative estimate of drug-likeness (QED) is 0.901. The smallest absolute Gasteiger partial charge is 0.324 e. The molecule has 0 radical (unpaired) electrons. The predicted octanol–water partition coefficient (Wildman–Crippen LogP) is 3.34. The van der Waals surface area contributed by atoms with Gasteiger partial charge in [0, 0.05) is 6.04 Å². The van der Waals surface area contributed by atoms with Gasteiger partial charge in [-0.25, -0.2) is 0 Å². The Kier molecular flexibility index (Phi) is 4.64. The number of aliphatic carboxylic acids is 1. The van der Waals surface area contributed by atoms with E-state index in [-0.39, 0.29) is 6.04 Å². The summed E-state index contributed by atoms with van der Waals surface area (Å²) >= 11 is 0. The molecule has 1 aromatic carbocycles. The molecule has 1 aromatic rings. The van der Waals surface area contributed by atoms with Gasteiger partial charge in [0.2, 0.25) is 0 Å². The molecule has 2 atom stereocenters. The van der Waals surface area contributed by atoms with E-state index in [9.17, 15) is 9.90 Å². The Morgan fingerprint density at radius 3 is 2.67 bits per heavy atom. The largest absolute Gasteiger partial charge is 0.480 e. The molecule has 2 unspecified atom stereocenters. The van der Waals surface area contributed by atoms with E-state index >= 15 is 0 Å². The number of carboxylic acid groups (broad SMARTS) is 1. The molecule has 0 aliphatic carbocycles. The van der Waals surface area contributed by atoms with Crippen molar-refractivity contribution >= 4 is 5.97 Å². The minimum absolute atomic E-state index is 0.0443. The third-order valence-electron chi connectivity index (χ3n) is 4.59. The maximum atomic E-state index is 11.9. The first-order chi connectivity index (χ1) is 10.0. The number of carboxylic acids is 1. The molecule has 0 aromatic heterocycles. The second-order valence-electron chi connectivity index (χ2n) is 5.79. The van der Waals surface area contributed by atoms with E-state index in [1.54, 1.807) is 12.1 Å². The molecule has 1 saturated heterocycles. The van der Waals surface area contributed by atoms with Crippen LogP contribution in [0.15, 0.2) is 24.3 Å². The van der Waals surface area contributed by atoms with Gasteiger partial charge in [-0.3, -0.25) is 9.69 Å². The van der Waals surface area contributed by atoms with Gasteiger partial charge in [-0.15, -0.1) is 0 Å². The lowest BCUT2D eigenvalue weighted by Crippen LogP contribution is -2.51. The van der Waals surface area contributed by atoms with Gasteiger partial charge in [-0.05, 0) is 50.4 Å². The number of nitrogens with zero attached hydrogens (tertiary/aromatic N) is 2. The highest BCUT2D eigenvalue weighted by Gasteiger charge is 2.48. The fourth-order valence-electron chi connectivity index (χ4n) is 3.50. The van der Waals surface area contributed by atoms with Crippen LogP contribution in [0.4, 0.5) is 0 Å². The molecule has 1 N–H and O–H groups in total. The zero-order valence-electron chi connectivity index (χ0n) is 12.7. The average Bonchev–Trinajstić information content (AvgIpc) is 2.92. The van der Waals surface area contributed by atoms with Crippen molar-refractivity contribution in [3.05, 3.63) is 35.4 Å². The van der Waals surface area contributed by atoms with Gasteiger partial charge in [0.1, 0.15) is 5.54 Å². The normalized spacial score (nSPS) is 23.7. The van der Waals surface area contributed by atoms with Crippen molar-refractivity contribution in [1.82, 2.24) is 4.90 Å². The Balaban J connectivity index is 2.29. The highest BCUT2D eigenvalue weighted by molar-refractivity contribution is 5.79. The predicted molar refractivity (Wildman–Crippen MR) is 80.8 cm³/mol. The van der Waals surface area contributed by atoms with Crippen LogP contribution >= 0.6 is 0 Å². The van der Waals surface area contributed by atoms with Gasteiger partial charge in [-0.2, -0.15) is 5.26 Å². The lowest BCUT2D eigenvalue weighted by atomic mass is 9.89. The molecule has 4 heteroatoms. The van der Waals surface area contributed by atoms with E-state index in [0.717, 1.165) is 31.4 Å². The summed E-state index contributed by atoms with van der Waals surface area (Å²) in [5, 5.41) is 18.6. The minimum atomic E-state index is -0.734. The zero-order chi connectivity index (χ0) is 15.5. The lowest BCUT2D eigenvalue weighted by Gasteiger charge is -2.39. The first-order valence-corrected chi connectivity index (χ1v) is 7.55. The number of benzene rings is 1. The first-order valence-electron chi connectivity index (χ1n) is 7.55. The summed E-state index contributed by atoms with van der Waals surface area (Å²) in [6.07, 6.45) is 3.19. The van der Waals surface area contributed by atoms with Crippen LogP contribution < -0.4 is 0 Å². The molecule has 1 heterocycles. The summed E-state index contributed by atoms with van der Waals surface area (Å²) in [5.74, 6) is -0.706. The van der Waals surface area contributed by atoms with Crippen LogP contribution in [-0.2, 0) is 4.79 Å². The topological polar surface area (TPSA) is 64.3 Å². The van der Waals surface area contributed by atoms with Crippen LogP contribution in [0.25, 0.3) is 0 Å². The number of nitriles is 1. The second kappa shape index (κ2) is 6.28. The molecule has 0 spiro atoms. The van der Waals surface area contributed by atoms with Crippen molar-refractivity contribution in [2.75, 3.05) is 6.54 Å². The number of carbonyl (C=O) groups is 1. The summed E-state index contributed by atoms with van der Waals surface area (Å²) in [6.45, 7) is 4.90. The molecule has 21 heavy (non-hydrogen) atoms. The molecular weight excluding hydrogens is 264 g/mol. The van der Waals surface area contributed by atoms with Gasteiger partial charge in [-0.1, -0.05) is 25.5 Å². The number of hydrogen-bond donors (Lipinski definition) is 1. The van der Waals surface area contributed by atoms with Crippen molar-refractivity contribution < 1.29 is 9.90 Å². The standard InChI is InChI=1S/C17H22N2O2/c1-3-9-17(16(20)21)10-4-11-19(17)13(2)15-7-5-14(12-18)6-8-15/h5-8,13H,3-4,9-11H2,1-2H3,(H,20,21). The van der Waals surface area contributed by atoms with Crippen LogP contribution in [0.3, 0.4) is 0 Å². The number of likely N-dealkylation sites (tertiary alicyclic amines) is 1. The molecule has 1 aliphatic heterocycles. The Bertz CT molecular complexity index is 547. The van der Waals surface area contributed by atoms with E-state index < -0.39 is 11.5 Å². The Morgan fingerprint density at radius 1 is 1.48 bits per heavy atom. The summed E-state index contributed by atoms with van der Waals surface area (Å²) in [6, 6.07) is 9.61. The Hall–Kier alpha value is -1.86. The molecule has 0 saturated carbocycles. The van der Waals surface area contributed by atoms with Gasteiger partial charge >= 0.3 is 5.97 Å². The fraction of sp³-hybridized carbons (Fsp3) is 0.529. The van der Waals surface area contributed by atoms with Crippen LogP contribution in [0.2, 0.25) is 0 Å². The van der Waals surface area contributed by atoms with Gasteiger partial charge in [0.25, 0.3) is 0 Å². The highest BCUT2D eigenvalue weighted by atomic mass is 16.4. The minimum Gasteiger partial charge on any atom is -0.480 e. The van der Waals surface area contributed by atoms with Crippen LogP contribution in [-0.4, -0.2) is 28.1 Å². The summed E-state index contributed by atoms with van der Waals surface area (Å²) in [4.78, 5) is 14.0. The van der Waals surface area contributed by atoms with Crippen LogP contribution in [0, 0.1) is 11.3 Å². The Morgan fingerprint density at radius 2 is 2.14 bits per heavy atom.